The van der Waals surface area contributed by atoms with Gasteiger partial charge in [0.25, 0.3) is 0 Å². The number of aldehydes is 1. The molecule has 3 rings (SSSR count). The molecule has 0 spiro atoms. The molecule has 0 unspecified atom stereocenters. The Morgan fingerprint density at radius 2 is 1.57 bits per heavy atom. The Bertz CT molecular complexity index is 1160. The lowest BCUT2D eigenvalue weighted by molar-refractivity contribution is -0.261. The molecule has 1 aliphatic heterocycles. The highest BCUT2D eigenvalue weighted by molar-refractivity contribution is 5.94. The summed E-state index contributed by atoms with van der Waals surface area (Å²) >= 11 is 0. The first-order valence-corrected chi connectivity index (χ1v) is 11.6. The van der Waals surface area contributed by atoms with Crippen LogP contribution in [0.5, 0.6) is 5.75 Å². The SMILES string of the molecule is CC(=O)O[C@H]1[C@H](Oc2ccc(C=O)cc2C(=O)OCc2ccccc2)O[C@H](C(C)=O)[C@@H](C)[C@@H]1OC(C)=O. The first kappa shape index (κ1) is 27.5. The van der Waals surface area contributed by atoms with Crippen LogP contribution in [0.1, 0.15) is 54.0 Å². The number of Topliss-reactive ketones (excluding diaryl/α,β-unsaturated/α-hetero) is 1. The van der Waals surface area contributed by atoms with Gasteiger partial charge >= 0.3 is 17.9 Å². The molecule has 0 bridgehead atoms. The van der Waals surface area contributed by atoms with Crippen molar-refractivity contribution in [1.29, 1.82) is 0 Å². The number of hydrogen-bond acceptors (Lipinski definition) is 10. The maximum absolute atomic E-state index is 13.0. The number of carbonyl (C=O) groups is 5. The van der Waals surface area contributed by atoms with E-state index in [1.165, 1.54) is 32.0 Å². The van der Waals surface area contributed by atoms with E-state index in [9.17, 15) is 24.0 Å². The molecule has 0 amide bonds. The van der Waals surface area contributed by atoms with Gasteiger partial charge in [0.1, 0.15) is 30.3 Å². The van der Waals surface area contributed by atoms with Gasteiger partial charge in [-0.3, -0.25) is 19.2 Å². The lowest BCUT2D eigenvalue weighted by Crippen LogP contribution is -2.59. The lowest BCUT2D eigenvalue weighted by atomic mass is 9.88. The first-order valence-electron chi connectivity index (χ1n) is 11.6. The summed E-state index contributed by atoms with van der Waals surface area (Å²) in [5, 5.41) is 0. The van der Waals surface area contributed by atoms with Crippen molar-refractivity contribution in [3.8, 4) is 5.75 Å². The van der Waals surface area contributed by atoms with Gasteiger partial charge in [0.05, 0.1) is 0 Å². The Morgan fingerprint density at radius 3 is 2.16 bits per heavy atom. The second kappa shape index (κ2) is 12.3. The molecule has 0 aliphatic carbocycles. The Labute approximate surface area is 213 Å². The molecule has 2 aromatic carbocycles. The van der Waals surface area contributed by atoms with Crippen LogP contribution in [-0.4, -0.2) is 54.6 Å². The molecule has 1 aliphatic rings. The molecule has 1 saturated heterocycles. The van der Waals surface area contributed by atoms with Gasteiger partial charge in [-0.1, -0.05) is 37.3 Å². The molecule has 2 aromatic rings. The minimum Gasteiger partial charge on any atom is -0.460 e. The zero-order valence-corrected chi connectivity index (χ0v) is 20.9. The minimum atomic E-state index is -1.43. The molecule has 37 heavy (non-hydrogen) atoms. The van der Waals surface area contributed by atoms with Crippen LogP contribution in [0, 0.1) is 5.92 Å². The van der Waals surface area contributed by atoms with Crippen molar-refractivity contribution in [3.63, 3.8) is 0 Å². The molecule has 0 radical (unpaired) electrons. The number of benzene rings is 2. The average molecular weight is 513 g/mol. The Kier molecular flexibility index (Phi) is 9.13. The van der Waals surface area contributed by atoms with Gasteiger partial charge in [0.15, 0.2) is 11.9 Å². The number of ether oxygens (including phenoxy) is 5. The van der Waals surface area contributed by atoms with E-state index in [1.807, 2.05) is 6.07 Å². The quantitative estimate of drug-likeness (QED) is 0.281. The van der Waals surface area contributed by atoms with E-state index in [2.05, 4.69) is 0 Å². The molecular weight excluding hydrogens is 484 g/mol. The van der Waals surface area contributed by atoms with E-state index >= 15 is 0 Å². The van der Waals surface area contributed by atoms with Crippen molar-refractivity contribution in [1.82, 2.24) is 0 Å². The normalized spacial score (nSPS) is 22.9. The van der Waals surface area contributed by atoms with Gasteiger partial charge < -0.3 is 23.7 Å². The number of rotatable bonds is 9. The second-order valence-electron chi connectivity index (χ2n) is 8.60. The topological polar surface area (TPSA) is 132 Å². The van der Waals surface area contributed by atoms with E-state index in [0.717, 1.165) is 12.5 Å². The van der Waals surface area contributed by atoms with Gasteiger partial charge in [0, 0.05) is 25.3 Å². The lowest BCUT2D eigenvalue weighted by Gasteiger charge is -2.43. The van der Waals surface area contributed by atoms with E-state index in [1.54, 1.807) is 31.2 Å². The summed E-state index contributed by atoms with van der Waals surface area (Å²) in [4.78, 5) is 60.4. The molecule has 10 heteroatoms. The highest BCUT2D eigenvalue weighted by Gasteiger charge is 2.50. The van der Waals surface area contributed by atoms with E-state index < -0.39 is 48.4 Å². The van der Waals surface area contributed by atoms with Crippen LogP contribution >= 0.6 is 0 Å². The monoisotopic (exact) mass is 512 g/mol. The fourth-order valence-electron chi connectivity index (χ4n) is 4.02. The van der Waals surface area contributed by atoms with Gasteiger partial charge in [-0.05, 0) is 30.7 Å². The van der Waals surface area contributed by atoms with Crippen molar-refractivity contribution in [2.75, 3.05) is 0 Å². The number of hydrogen-bond donors (Lipinski definition) is 0. The van der Waals surface area contributed by atoms with Crippen LogP contribution in [0.25, 0.3) is 0 Å². The molecule has 0 N–H and O–H groups in total. The fourth-order valence-corrected chi connectivity index (χ4v) is 4.02. The highest BCUT2D eigenvalue weighted by atomic mass is 16.7. The zero-order valence-electron chi connectivity index (χ0n) is 20.9. The van der Waals surface area contributed by atoms with Gasteiger partial charge in [0.2, 0.25) is 12.4 Å². The fraction of sp³-hybridized carbons (Fsp3) is 0.370. The third-order valence-corrected chi connectivity index (χ3v) is 5.69. The van der Waals surface area contributed by atoms with Crippen molar-refractivity contribution < 1.29 is 47.7 Å². The van der Waals surface area contributed by atoms with Crippen molar-refractivity contribution in [2.45, 2.75) is 58.9 Å². The second-order valence-corrected chi connectivity index (χ2v) is 8.60. The van der Waals surface area contributed by atoms with Crippen LogP contribution in [0.4, 0.5) is 0 Å². The molecular formula is C27H28O10. The van der Waals surface area contributed by atoms with Gasteiger partial charge in [-0.25, -0.2) is 4.79 Å². The summed E-state index contributed by atoms with van der Waals surface area (Å²) < 4.78 is 28.0. The molecule has 5 atom stereocenters. The summed E-state index contributed by atoms with van der Waals surface area (Å²) in [6.45, 7) is 5.25. The molecule has 1 heterocycles. The molecule has 10 nitrogen and oxygen atoms in total. The van der Waals surface area contributed by atoms with Crippen LogP contribution in [0.15, 0.2) is 48.5 Å². The van der Waals surface area contributed by atoms with Crippen LogP contribution in [0.2, 0.25) is 0 Å². The third kappa shape index (κ3) is 7.01. The largest absolute Gasteiger partial charge is 0.460 e. The zero-order chi connectivity index (χ0) is 27.1. The average Bonchev–Trinajstić information content (AvgIpc) is 2.86. The van der Waals surface area contributed by atoms with E-state index in [4.69, 9.17) is 23.7 Å². The van der Waals surface area contributed by atoms with Gasteiger partial charge in [-0.2, -0.15) is 0 Å². The van der Waals surface area contributed by atoms with E-state index in [-0.39, 0.29) is 29.3 Å². The maximum atomic E-state index is 13.0. The first-order chi connectivity index (χ1) is 17.6. The number of ketones is 1. The Hall–Kier alpha value is -4.05. The Balaban J connectivity index is 1.95. The third-order valence-electron chi connectivity index (χ3n) is 5.69. The molecule has 1 fully saturated rings. The molecule has 0 aromatic heterocycles. The van der Waals surface area contributed by atoms with Crippen LogP contribution < -0.4 is 4.74 Å². The van der Waals surface area contributed by atoms with Crippen LogP contribution in [-0.2, 0) is 39.9 Å². The standard InChI is InChI=1S/C27H28O10/c1-15-23(16(2)29)37-27(25(35-18(4)31)24(15)34-17(3)30)36-22-11-10-20(13-28)12-21(22)26(32)33-14-19-8-6-5-7-9-19/h5-13,15,23-25,27H,14H2,1-4H3/t15-,23+,24+,25-,27-/m1/s1. The van der Waals surface area contributed by atoms with Crippen molar-refractivity contribution >= 4 is 30.0 Å². The summed E-state index contributed by atoms with van der Waals surface area (Å²) in [6, 6.07) is 13.0. The highest BCUT2D eigenvalue weighted by Crippen LogP contribution is 2.34. The number of carbonyl (C=O) groups excluding carboxylic acids is 5. The predicted molar refractivity (Wildman–Crippen MR) is 128 cm³/mol. The smallest absolute Gasteiger partial charge is 0.342 e. The summed E-state index contributed by atoms with van der Waals surface area (Å²) in [6.07, 6.45) is -4.26. The van der Waals surface area contributed by atoms with Crippen molar-refractivity contribution in [3.05, 3.63) is 65.2 Å². The Morgan fingerprint density at radius 1 is 0.919 bits per heavy atom. The minimum absolute atomic E-state index is 0.0289. The number of esters is 3. The summed E-state index contributed by atoms with van der Waals surface area (Å²) in [5.41, 5.74) is 0.846. The molecule has 196 valence electrons. The maximum Gasteiger partial charge on any atom is 0.342 e. The summed E-state index contributed by atoms with van der Waals surface area (Å²) in [7, 11) is 0. The molecule has 0 saturated carbocycles. The predicted octanol–water partition coefficient (Wildman–Crippen LogP) is 3.05. The van der Waals surface area contributed by atoms with Crippen LogP contribution in [0.3, 0.4) is 0 Å². The van der Waals surface area contributed by atoms with E-state index in [0.29, 0.717) is 6.29 Å². The summed E-state index contributed by atoms with van der Waals surface area (Å²) in [5.74, 6) is -3.22. The van der Waals surface area contributed by atoms with Gasteiger partial charge in [-0.15, -0.1) is 0 Å². The van der Waals surface area contributed by atoms with Crippen molar-refractivity contribution in [2.24, 2.45) is 5.92 Å².